The summed E-state index contributed by atoms with van der Waals surface area (Å²) in [6, 6.07) is 11.9. The topological polar surface area (TPSA) is 58.4 Å². The van der Waals surface area contributed by atoms with Gasteiger partial charge >= 0.3 is 0 Å². The molecule has 1 aliphatic heterocycles. The molecule has 30 heavy (non-hydrogen) atoms. The molecule has 2 aromatic heterocycles. The number of nitrogens with zero attached hydrogens (tertiary/aromatic N) is 4. The minimum absolute atomic E-state index is 0.0721. The number of thioether (sulfide) groups is 1. The number of likely N-dealkylation sites (N-methyl/N-ethyl adjacent to an activating group) is 1. The largest absolute Gasteiger partial charge is 0.339 e. The van der Waals surface area contributed by atoms with E-state index in [9.17, 15) is 9.59 Å². The van der Waals surface area contributed by atoms with Crippen molar-refractivity contribution in [3.63, 3.8) is 0 Å². The van der Waals surface area contributed by atoms with Gasteiger partial charge in [-0.05, 0) is 25.1 Å². The lowest BCUT2D eigenvalue weighted by molar-refractivity contribution is -0.132. The van der Waals surface area contributed by atoms with Crippen molar-refractivity contribution in [1.82, 2.24) is 19.4 Å². The number of piperazine rings is 1. The fraction of sp³-hybridized carbons (Fsp3) is 0.409. The standard InChI is InChI=1S/C22H26N4O2S2/c1-4-25-10-12-26(13-11-25)20(27)15(2)29-22-23-19-17(21(28)24(22)3)14-18(30-19)16-8-6-5-7-9-16/h5-9,14-15H,4,10-13H2,1-3H3. The zero-order chi connectivity index (χ0) is 21.3. The fourth-order valence-electron chi connectivity index (χ4n) is 3.65. The first kappa shape index (κ1) is 21.1. The molecule has 1 aliphatic rings. The maximum absolute atomic E-state index is 12.9. The second-order valence-electron chi connectivity index (χ2n) is 7.47. The van der Waals surface area contributed by atoms with Gasteiger partial charge in [-0.2, -0.15) is 0 Å². The van der Waals surface area contributed by atoms with E-state index in [0.717, 1.165) is 48.0 Å². The van der Waals surface area contributed by atoms with Crippen LogP contribution in [0.1, 0.15) is 13.8 Å². The van der Waals surface area contributed by atoms with E-state index in [4.69, 9.17) is 4.98 Å². The van der Waals surface area contributed by atoms with E-state index in [-0.39, 0.29) is 16.7 Å². The van der Waals surface area contributed by atoms with Gasteiger partial charge in [0.1, 0.15) is 4.83 Å². The molecule has 1 amide bonds. The number of amides is 1. The van der Waals surface area contributed by atoms with Crippen molar-refractivity contribution in [1.29, 1.82) is 0 Å². The number of carbonyl (C=O) groups excluding carboxylic acids is 1. The molecule has 1 fully saturated rings. The Morgan fingerprint density at radius 3 is 2.57 bits per heavy atom. The van der Waals surface area contributed by atoms with Crippen LogP contribution in [0.4, 0.5) is 0 Å². The van der Waals surface area contributed by atoms with E-state index in [1.165, 1.54) is 23.1 Å². The lowest BCUT2D eigenvalue weighted by Gasteiger charge is -2.35. The first-order valence-corrected chi connectivity index (χ1v) is 11.9. The van der Waals surface area contributed by atoms with Crippen molar-refractivity contribution in [2.24, 2.45) is 7.05 Å². The van der Waals surface area contributed by atoms with E-state index in [1.807, 2.05) is 48.2 Å². The molecule has 0 radical (unpaired) electrons. The normalized spacial score (nSPS) is 16.2. The molecular weight excluding hydrogens is 416 g/mol. The summed E-state index contributed by atoms with van der Waals surface area (Å²) < 4.78 is 1.56. The zero-order valence-corrected chi connectivity index (χ0v) is 19.1. The SMILES string of the molecule is CCN1CCN(C(=O)C(C)Sc2nc3sc(-c4ccccc4)cc3c(=O)n2C)CC1. The Hall–Kier alpha value is -2.16. The second-order valence-corrected chi connectivity index (χ2v) is 9.81. The van der Waals surface area contributed by atoms with E-state index in [1.54, 1.807) is 11.6 Å². The zero-order valence-electron chi connectivity index (χ0n) is 17.5. The van der Waals surface area contributed by atoms with Crippen LogP contribution in [0.5, 0.6) is 0 Å². The van der Waals surface area contributed by atoms with Gasteiger partial charge in [-0.15, -0.1) is 11.3 Å². The highest BCUT2D eigenvalue weighted by molar-refractivity contribution is 8.00. The van der Waals surface area contributed by atoms with Crippen LogP contribution in [0, 0.1) is 0 Å². The van der Waals surface area contributed by atoms with Crippen LogP contribution in [0.3, 0.4) is 0 Å². The summed E-state index contributed by atoms with van der Waals surface area (Å²) in [7, 11) is 1.73. The maximum atomic E-state index is 12.9. The van der Waals surface area contributed by atoms with Crippen molar-refractivity contribution in [3.8, 4) is 10.4 Å². The number of benzene rings is 1. The van der Waals surface area contributed by atoms with Gasteiger partial charge in [-0.25, -0.2) is 4.98 Å². The molecule has 0 N–H and O–H groups in total. The van der Waals surface area contributed by atoms with E-state index in [0.29, 0.717) is 10.5 Å². The molecule has 1 aromatic carbocycles. The van der Waals surface area contributed by atoms with Crippen LogP contribution in [0.15, 0.2) is 46.3 Å². The summed E-state index contributed by atoms with van der Waals surface area (Å²) >= 11 is 2.88. The molecule has 1 unspecified atom stereocenters. The monoisotopic (exact) mass is 442 g/mol. The van der Waals surface area contributed by atoms with Crippen LogP contribution in [-0.2, 0) is 11.8 Å². The smallest absolute Gasteiger partial charge is 0.262 e. The van der Waals surface area contributed by atoms with Crippen molar-refractivity contribution in [2.45, 2.75) is 24.3 Å². The molecule has 1 saturated heterocycles. The van der Waals surface area contributed by atoms with Gasteiger partial charge in [0.15, 0.2) is 5.16 Å². The average Bonchev–Trinajstić information content (AvgIpc) is 3.21. The highest BCUT2D eigenvalue weighted by Crippen LogP contribution is 2.32. The Bertz CT molecular complexity index is 1100. The van der Waals surface area contributed by atoms with Gasteiger partial charge in [-0.3, -0.25) is 14.2 Å². The van der Waals surface area contributed by atoms with Crippen molar-refractivity contribution in [2.75, 3.05) is 32.7 Å². The number of thiophene rings is 1. The van der Waals surface area contributed by atoms with Crippen molar-refractivity contribution < 1.29 is 4.79 Å². The number of aromatic nitrogens is 2. The predicted octanol–water partition coefficient (Wildman–Crippen LogP) is 3.31. The third-order valence-electron chi connectivity index (χ3n) is 5.55. The Kier molecular flexibility index (Phi) is 6.26. The molecule has 0 bridgehead atoms. The number of rotatable bonds is 5. The quantitative estimate of drug-likeness (QED) is 0.448. The van der Waals surface area contributed by atoms with Crippen LogP contribution in [-0.4, -0.2) is 63.2 Å². The Labute approximate surface area is 184 Å². The minimum atomic E-state index is -0.290. The van der Waals surface area contributed by atoms with Crippen molar-refractivity contribution >= 4 is 39.2 Å². The second kappa shape index (κ2) is 8.91. The summed E-state index contributed by atoms with van der Waals surface area (Å²) in [5.74, 6) is 0.112. The van der Waals surface area contributed by atoms with Gasteiger partial charge in [0.05, 0.1) is 10.6 Å². The molecule has 1 atom stereocenters. The number of hydrogen-bond donors (Lipinski definition) is 0. The Morgan fingerprint density at radius 2 is 1.90 bits per heavy atom. The molecule has 0 spiro atoms. The highest BCUT2D eigenvalue weighted by atomic mass is 32.2. The molecule has 0 aliphatic carbocycles. The van der Waals surface area contributed by atoms with Gasteiger partial charge in [0.2, 0.25) is 5.91 Å². The third-order valence-corrected chi connectivity index (χ3v) is 7.76. The summed E-state index contributed by atoms with van der Waals surface area (Å²) in [6.07, 6.45) is 0. The lowest BCUT2D eigenvalue weighted by Crippen LogP contribution is -2.50. The number of hydrogen-bond acceptors (Lipinski definition) is 6. The molecule has 0 saturated carbocycles. The first-order valence-electron chi connectivity index (χ1n) is 10.2. The van der Waals surface area contributed by atoms with E-state index in [2.05, 4.69) is 11.8 Å². The lowest BCUT2D eigenvalue weighted by atomic mass is 10.2. The van der Waals surface area contributed by atoms with E-state index < -0.39 is 0 Å². The molecule has 3 aromatic rings. The predicted molar refractivity (Wildman–Crippen MR) is 124 cm³/mol. The van der Waals surface area contributed by atoms with Gasteiger partial charge in [-0.1, -0.05) is 49.0 Å². The summed E-state index contributed by atoms with van der Waals surface area (Å²) in [5, 5.41) is 0.921. The van der Waals surface area contributed by atoms with Crippen LogP contribution >= 0.6 is 23.1 Å². The first-order chi connectivity index (χ1) is 14.5. The molecular formula is C22H26N4O2S2. The van der Waals surface area contributed by atoms with Crippen LogP contribution in [0.2, 0.25) is 0 Å². The average molecular weight is 443 g/mol. The van der Waals surface area contributed by atoms with Crippen LogP contribution in [0.25, 0.3) is 20.7 Å². The fourth-order valence-corrected chi connectivity index (χ4v) is 5.68. The Morgan fingerprint density at radius 1 is 1.20 bits per heavy atom. The molecule has 3 heterocycles. The highest BCUT2D eigenvalue weighted by Gasteiger charge is 2.26. The maximum Gasteiger partial charge on any atom is 0.262 e. The molecule has 158 valence electrons. The number of fused-ring (bicyclic) bond motifs is 1. The molecule has 6 nitrogen and oxygen atoms in total. The van der Waals surface area contributed by atoms with Crippen LogP contribution < -0.4 is 5.56 Å². The molecule has 8 heteroatoms. The van der Waals surface area contributed by atoms with Crippen molar-refractivity contribution in [3.05, 3.63) is 46.8 Å². The third kappa shape index (κ3) is 4.17. The van der Waals surface area contributed by atoms with Gasteiger partial charge in [0, 0.05) is 38.1 Å². The molecule has 4 rings (SSSR count). The summed E-state index contributed by atoms with van der Waals surface area (Å²) in [4.78, 5) is 36.6. The minimum Gasteiger partial charge on any atom is -0.339 e. The summed E-state index contributed by atoms with van der Waals surface area (Å²) in [5.41, 5.74) is 1.00. The van der Waals surface area contributed by atoms with E-state index >= 15 is 0 Å². The Balaban J connectivity index is 1.56. The summed E-state index contributed by atoms with van der Waals surface area (Å²) in [6.45, 7) is 8.41. The number of carbonyl (C=O) groups is 1. The van der Waals surface area contributed by atoms with Gasteiger partial charge in [0.25, 0.3) is 5.56 Å². The van der Waals surface area contributed by atoms with Gasteiger partial charge < -0.3 is 9.80 Å².